The van der Waals surface area contributed by atoms with Gasteiger partial charge in [0.2, 0.25) is 0 Å². The van der Waals surface area contributed by atoms with Crippen LogP contribution in [0.3, 0.4) is 0 Å². The number of fused-ring (bicyclic) bond motifs is 5. The lowest BCUT2D eigenvalue weighted by Crippen LogP contribution is -2.57. The van der Waals surface area contributed by atoms with Crippen LogP contribution in [0.15, 0.2) is 11.6 Å². The molecule has 0 aromatic rings. The highest BCUT2D eigenvalue weighted by molar-refractivity contribution is 5.25. The number of allylic oxidation sites excluding steroid dienone is 2. The van der Waals surface area contributed by atoms with Crippen molar-refractivity contribution in [3.63, 3.8) is 0 Å². The zero-order chi connectivity index (χ0) is 15.7. The normalized spacial score (nSPS) is 57.6. The maximum absolute atomic E-state index is 14.2. The molecular formula is C19H29FO2. The summed E-state index contributed by atoms with van der Waals surface area (Å²) in [5.41, 5.74) is 1.13. The third-order valence-electron chi connectivity index (χ3n) is 8.07. The molecule has 3 saturated carbocycles. The average Bonchev–Trinajstić information content (AvgIpc) is 2.73. The number of halogens is 1. The van der Waals surface area contributed by atoms with E-state index >= 15 is 0 Å². The summed E-state index contributed by atoms with van der Waals surface area (Å²) in [7, 11) is 0. The zero-order valence-electron chi connectivity index (χ0n) is 13.8. The van der Waals surface area contributed by atoms with Gasteiger partial charge >= 0.3 is 0 Å². The molecule has 22 heavy (non-hydrogen) atoms. The summed E-state index contributed by atoms with van der Waals surface area (Å²) in [6.45, 7) is 4.30. The molecule has 0 spiro atoms. The number of aliphatic hydroxyl groups is 2. The fraction of sp³-hybridized carbons (Fsp3) is 0.895. The monoisotopic (exact) mass is 308 g/mol. The van der Waals surface area contributed by atoms with Gasteiger partial charge in [0.05, 0.1) is 12.2 Å². The van der Waals surface area contributed by atoms with E-state index in [9.17, 15) is 14.6 Å². The Bertz CT molecular complexity index is 504. The maximum atomic E-state index is 14.2. The van der Waals surface area contributed by atoms with Crippen LogP contribution in [0, 0.1) is 28.6 Å². The molecule has 4 rings (SSSR count). The van der Waals surface area contributed by atoms with Gasteiger partial charge in [-0.15, -0.1) is 0 Å². The van der Waals surface area contributed by atoms with E-state index in [1.807, 2.05) is 6.92 Å². The van der Waals surface area contributed by atoms with Crippen LogP contribution in [-0.4, -0.2) is 28.6 Å². The van der Waals surface area contributed by atoms with E-state index in [4.69, 9.17) is 0 Å². The number of rotatable bonds is 0. The van der Waals surface area contributed by atoms with E-state index in [1.54, 1.807) is 5.57 Å². The van der Waals surface area contributed by atoms with Crippen molar-refractivity contribution < 1.29 is 14.6 Å². The van der Waals surface area contributed by atoms with Gasteiger partial charge in [-0.25, -0.2) is 4.39 Å². The molecule has 0 aromatic carbocycles. The average molecular weight is 308 g/mol. The van der Waals surface area contributed by atoms with Crippen molar-refractivity contribution in [1.29, 1.82) is 0 Å². The number of alkyl halides is 1. The molecule has 8 atom stereocenters. The molecular weight excluding hydrogens is 279 g/mol. The van der Waals surface area contributed by atoms with Gasteiger partial charge in [-0.3, -0.25) is 0 Å². The highest BCUT2D eigenvalue weighted by Gasteiger charge is 2.64. The van der Waals surface area contributed by atoms with Gasteiger partial charge in [-0.05, 0) is 61.7 Å². The van der Waals surface area contributed by atoms with Crippen LogP contribution in [0.1, 0.15) is 58.8 Å². The predicted molar refractivity (Wildman–Crippen MR) is 84.0 cm³/mol. The second kappa shape index (κ2) is 4.80. The van der Waals surface area contributed by atoms with Crippen molar-refractivity contribution in [1.82, 2.24) is 0 Å². The minimum Gasteiger partial charge on any atom is -0.392 e. The topological polar surface area (TPSA) is 40.5 Å². The lowest BCUT2D eigenvalue weighted by molar-refractivity contribution is -0.148. The summed E-state index contributed by atoms with van der Waals surface area (Å²) in [5.74, 6) is 0.997. The number of hydrogen-bond donors (Lipinski definition) is 2. The Balaban J connectivity index is 1.74. The third kappa shape index (κ3) is 1.73. The quantitative estimate of drug-likeness (QED) is 0.671. The Morgan fingerprint density at radius 3 is 2.68 bits per heavy atom. The highest BCUT2D eigenvalue weighted by atomic mass is 19.1. The van der Waals surface area contributed by atoms with Crippen LogP contribution in [0.5, 0.6) is 0 Å². The van der Waals surface area contributed by atoms with Crippen molar-refractivity contribution in [3.8, 4) is 0 Å². The minimum atomic E-state index is -1.17. The van der Waals surface area contributed by atoms with E-state index in [0.29, 0.717) is 18.3 Å². The fourth-order valence-corrected chi connectivity index (χ4v) is 6.62. The first kappa shape index (κ1) is 15.1. The SMILES string of the molecule is C[C@]12[C@@H](O)C[C@H]3[C@@H](CC=C4CCCC[C@@]43C)[C@@H]1C[C@@H](F)[C@@H]2O. The maximum Gasteiger partial charge on any atom is 0.127 e. The molecule has 3 heteroatoms. The van der Waals surface area contributed by atoms with Crippen LogP contribution in [0.4, 0.5) is 4.39 Å². The van der Waals surface area contributed by atoms with E-state index in [0.717, 1.165) is 12.8 Å². The minimum absolute atomic E-state index is 0.114. The second-order valence-corrected chi connectivity index (χ2v) is 8.78. The largest absolute Gasteiger partial charge is 0.392 e. The second-order valence-electron chi connectivity index (χ2n) is 8.78. The summed E-state index contributed by atoms with van der Waals surface area (Å²) in [5, 5.41) is 21.2. The molecule has 0 bridgehead atoms. The third-order valence-corrected chi connectivity index (χ3v) is 8.07. The summed E-state index contributed by atoms with van der Waals surface area (Å²) in [6.07, 6.45) is 6.81. The van der Waals surface area contributed by atoms with E-state index < -0.39 is 23.8 Å². The van der Waals surface area contributed by atoms with Gasteiger partial charge in [-0.2, -0.15) is 0 Å². The van der Waals surface area contributed by atoms with Crippen molar-refractivity contribution in [3.05, 3.63) is 11.6 Å². The molecule has 3 fully saturated rings. The van der Waals surface area contributed by atoms with E-state index in [-0.39, 0.29) is 11.3 Å². The molecule has 4 aliphatic rings. The fourth-order valence-electron chi connectivity index (χ4n) is 6.62. The van der Waals surface area contributed by atoms with Crippen molar-refractivity contribution in [2.45, 2.75) is 77.2 Å². The smallest absolute Gasteiger partial charge is 0.127 e. The van der Waals surface area contributed by atoms with Gasteiger partial charge in [-0.1, -0.05) is 31.9 Å². The van der Waals surface area contributed by atoms with Crippen molar-refractivity contribution in [2.24, 2.45) is 28.6 Å². The molecule has 0 aliphatic heterocycles. The first-order chi connectivity index (χ1) is 10.4. The molecule has 0 aromatic heterocycles. The van der Waals surface area contributed by atoms with Crippen molar-refractivity contribution in [2.75, 3.05) is 0 Å². The van der Waals surface area contributed by atoms with Crippen molar-refractivity contribution >= 4 is 0 Å². The molecule has 0 unspecified atom stereocenters. The molecule has 2 N–H and O–H groups in total. The zero-order valence-corrected chi connectivity index (χ0v) is 13.8. The molecule has 124 valence electrons. The van der Waals surface area contributed by atoms with E-state index in [1.165, 1.54) is 25.7 Å². The Morgan fingerprint density at radius 1 is 1.14 bits per heavy atom. The van der Waals surface area contributed by atoms with Crippen LogP contribution >= 0.6 is 0 Å². The molecule has 0 amide bonds. The first-order valence-corrected chi connectivity index (χ1v) is 9.08. The predicted octanol–water partition coefficient (Wildman–Crippen LogP) is 3.62. The van der Waals surface area contributed by atoms with Gasteiger partial charge in [0.15, 0.2) is 0 Å². The Morgan fingerprint density at radius 2 is 1.91 bits per heavy atom. The molecule has 0 heterocycles. The molecule has 0 radical (unpaired) electrons. The Hall–Kier alpha value is -0.410. The van der Waals surface area contributed by atoms with E-state index in [2.05, 4.69) is 13.0 Å². The lowest BCUT2D eigenvalue weighted by atomic mass is 9.47. The number of aliphatic hydroxyl groups excluding tert-OH is 2. The van der Waals surface area contributed by atoms with Crippen LogP contribution in [0.25, 0.3) is 0 Å². The lowest BCUT2D eigenvalue weighted by Gasteiger charge is -2.58. The Labute approximate surface area is 132 Å². The molecule has 4 aliphatic carbocycles. The van der Waals surface area contributed by atoms with Crippen LogP contribution < -0.4 is 0 Å². The summed E-state index contributed by atoms with van der Waals surface area (Å²) in [6, 6.07) is 0. The first-order valence-electron chi connectivity index (χ1n) is 9.08. The Kier molecular flexibility index (Phi) is 3.30. The van der Waals surface area contributed by atoms with Gasteiger partial charge < -0.3 is 10.2 Å². The van der Waals surface area contributed by atoms with Crippen LogP contribution in [-0.2, 0) is 0 Å². The van der Waals surface area contributed by atoms with Gasteiger partial charge in [0.1, 0.15) is 6.17 Å². The molecule has 2 nitrogen and oxygen atoms in total. The highest BCUT2D eigenvalue weighted by Crippen LogP contribution is 2.65. The molecule has 0 saturated heterocycles. The summed E-state index contributed by atoms with van der Waals surface area (Å²) < 4.78 is 14.2. The number of hydrogen-bond acceptors (Lipinski definition) is 2. The summed E-state index contributed by atoms with van der Waals surface area (Å²) in [4.78, 5) is 0. The summed E-state index contributed by atoms with van der Waals surface area (Å²) >= 11 is 0. The van der Waals surface area contributed by atoms with Gasteiger partial charge in [0.25, 0.3) is 0 Å². The standard InChI is InChI=1S/C19H29FO2/c1-18-8-4-3-5-11(18)6-7-12-13(18)10-16(21)19(2)14(12)9-15(20)17(19)22/h6,12-17,21-22H,3-5,7-10H2,1-2H3/t12-,13+,14+,15-,16+,17+,18+,19-/m1/s1. The van der Waals surface area contributed by atoms with Crippen LogP contribution in [0.2, 0.25) is 0 Å². The van der Waals surface area contributed by atoms with Gasteiger partial charge in [0, 0.05) is 5.41 Å².